The largest absolute Gasteiger partial charge is 0.324 e. The number of aromatic amines is 3. The fraction of sp³-hybridized carbons (Fsp3) is 0.0417. The molecule has 13 nitrogen and oxygen atoms in total. The predicted molar refractivity (Wildman–Crippen MR) is 231 cm³/mol. The van der Waals surface area contributed by atoms with E-state index in [1.54, 1.807) is 0 Å². The Balaban J connectivity index is 1.27. The summed E-state index contributed by atoms with van der Waals surface area (Å²) in [5.41, 5.74) is 8.07. The third kappa shape index (κ3) is 4.48. The van der Waals surface area contributed by atoms with E-state index in [1.807, 2.05) is 146 Å². The molecule has 6 aromatic carbocycles. The zero-order valence-corrected chi connectivity index (χ0v) is 31.8. The van der Waals surface area contributed by atoms with Gasteiger partial charge in [0.15, 0.2) is 23.3 Å². The first-order chi connectivity index (χ1) is 30.1. The van der Waals surface area contributed by atoms with Crippen molar-refractivity contribution >= 4 is 55.7 Å². The van der Waals surface area contributed by atoms with E-state index in [4.69, 9.17) is 49.9 Å². The lowest BCUT2D eigenvalue weighted by atomic mass is 10.0. The Hall–Kier alpha value is -8.58. The normalized spacial score (nSPS) is 22.7. The Kier molecular flexibility index (Phi) is 6.13. The molecule has 3 N–H and O–H groups in total. The minimum atomic E-state index is -1.57. The number of hydrogen-bond donors (Lipinski definition) is 3. The molecule has 6 aliphatic heterocycles. The first kappa shape index (κ1) is 32.4. The van der Waals surface area contributed by atoms with Crippen LogP contribution in [0.1, 0.15) is 33.4 Å². The summed E-state index contributed by atoms with van der Waals surface area (Å²) in [5, 5.41) is 5.09. The maximum Gasteiger partial charge on any atom is 0.278 e. The van der Waals surface area contributed by atoms with Crippen molar-refractivity contribution in [3.63, 3.8) is 0 Å². The molecule has 61 heavy (non-hydrogen) atoms. The molecule has 0 fully saturated rings. The second-order valence-electron chi connectivity index (χ2n) is 15.4. The molecular formula is C48H27N13. The summed E-state index contributed by atoms with van der Waals surface area (Å²) in [7, 11) is 0. The topological polar surface area (TPSA) is 171 Å². The zero-order valence-electron chi connectivity index (χ0n) is 31.8. The first-order valence-corrected chi connectivity index (χ1v) is 19.9. The molecule has 12 bridgehead atoms. The number of hydrogen-bond acceptors (Lipinski definition) is 10. The Bertz CT molecular complexity index is 4030. The van der Waals surface area contributed by atoms with Crippen molar-refractivity contribution in [2.24, 2.45) is 49.9 Å². The Labute approximate surface area is 343 Å². The zero-order chi connectivity index (χ0) is 39.9. The number of nitrogens with zero attached hydrogens (tertiary/aromatic N) is 10. The monoisotopic (exact) mass is 785 g/mol. The summed E-state index contributed by atoms with van der Waals surface area (Å²) in [5.74, 6) is -1.28. The number of fused-ring (bicyclic) bond motifs is 6. The number of H-pyrrole nitrogens is 3. The van der Waals surface area contributed by atoms with Crippen LogP contribution in [0, 0.1) is 0 Å². The number of aliphatic imine (C=N–C) groups is 4. The molecule has 0 aliphatic carbocycles. The fourth-order valence-corrected chi connectivity index (χ4v) is 9.19. The van der Waals surface area contributed by atoms with Crippen LogP contribution in [-0.2, 0) is 11.6 Å². The molecule has 2 unspecified atom stereocenters. The molecule has 284 valence electrons. The van der Waals surface area contributed by atoms with Gasteiger partial charge in [-0.15, -0.1) is 0 Å². The summed E-state index contributed by atoms with van der Waals surface area (Å²) < 4.78 is 0. The van der Waals surface area contributed by atoms with Gasteiger partial charge in [-0.2, -0.15) is 0 Å². The fourth-order valence-electron chi connectivity index (χ4n) is 9.19. The average molecular weight is 786 g/mol. The molecule has 0 saturated carbocycles. The number of aromatic nitrogens is 3. The third-order valence-corrected chi connectivity index (χ3v) is 11.9. The van der Waals surface area contributed by atoms with E-state index in [0.29, 0.717) is 56.3 Å². The van der Waals surface area contributed by atoms with E-state index in [2.05, 4.69) is 15.0 Å². The summed E-state index contributed by atoms with van der Waals surface area (Å²) in [6.45, 7) is 0. The lowest BCUT2D eigenvalue weighted by Crippen LogP contribution is -2.27. The van der Waals surface area contributed by atoms with Crippen molar-refractivity contribution < 1.29 is 0 Å². The minimum absolute atomic E-state index is 0.440. The molecule has 0 amide bonds. The van der Waals surface area contributed by atoms with Gasteiger partial charge in [-0.1, -0.05) is 146 Å². The van der Waals surface area contributed by atoms with Crippen LogP contribution in [0.3, 0.4) is 0 Å². The number of amidine groups is 4. The SMILES string of the molecule is c1ccc2c(c1)C1=N/C2=N\C23N=C(N=c4[nH]/c(c5ccccc45)=N\C4(N=C(N=c5[nH]/c(c6ccccc56)=N\2)c2ccccc24)/N=c2\[nH]c(c4ccccc24)=N1)c1ccccc13. The van der Waals surface area contributed by atoms with Crippen LogP contribution in [0.15, 0.2) is 196 Å². The van der Waals surface area contributed by atoms with Gasteiger partial charge in [-0.25, -0.2) is 49.9 Å². The third-order valence-electron chi connectivity index (χ3n) is 11.9. The van der Waals surface area contributed by atoms with Gasteiger partial charge in [0.1, 0.15) is 32.9 Å². The molecule has 6 aliphatic rings. The molecule has 2 spiro atoms. The quantitative estimate of drug-likeness (QED) is 0.195. The summed E-state index contributed by atoms with van der Waals surface area (Å²) >= 11 is 0. The van der Waals surface area contributed by atoms with Gasteiger partial charge < -0.3 is 15.0 Å². The highest BCUT2D eigenvalue weighted by atomic mass is 15.3. The van der Waals surface area contributed by atoms with E-state index in [9.17, 15) is 0 Å². The molecule has 9 aromatic rings. The molecular weight excluding hydrogens is 759 g/mol. The van der Waals surface area contributed by atoms with E-state index in [-0.39, 0.29) is 0 Å². The number of benzene rings is 6. The number of rotatable bonds is 0. The first-order valence-electron chi connectivity index (χ1n) is 19.9. The second kappa shape index (κ2) is 11.5. The minimum Gasteiger partial charge on any atom is -0.324 e. The standard InChI is InChI=1S/C48H27N13/c1-5-17-29-25(13-1)37-49-38-26-14-2-6-18-30(26)42(51-38)57-48-36-24-12-10-22-34(36)46(61-48)55-39-27-15-3-7-19-31(27)43(52-39)58-47(56-41(29)50-37)35-23-11-9-21-33(35)45(60-47)54-40-28-16-4-8-20-32(28)44(53-40)59-48/h1-24H,(H,52,55,58,61)(H,53,54,59,60)(H,49,50,51,56,57). The van der Waals surface area contributed by atoms with Crippen molar-refractivity contribution in [3.05, 3.63) is 212 Å². The van der Waals surface area contributed by atoms with Gasteiger partial charge in [0.2, 0.25) is 0 Å². The molecule has 9 heterocycles. The van der Waals surface area contributed by atoms with E-state index >= 15 is 0 Å². The lowest BCUT2D eigenvalue weighted by molar-refractivity contribution is 0.478. The van der Waals surface area contributed by atoms with Crippen molar-refractivity contribution in [1.82, 2.24) is 15.0 Å². The van der Waals surface area contributed by atoms with Crippen molar-refractivity contribution in [2.45, 2.75) is 11.6 Å². The molecule has 3 aromatic heterocycles. The molecule has 0 radical (unpaired) electrons. The number of nitrogens with one attached hydrogen (secondary N) is 3. The smallest absolute Gasteiger partial charge is 0.278 e. The maximum atomic E-state index is 5.54. The Morgan fingerprint density at radius 2 is 0.557 bits per heavy atom. The summed E-state index contributed by atoms with van der Waals surface area (Å²) in [6.07, 6.45) is 0. The predicted octanol–water partition coefficient (Wildman–Crippen LogP) is 4.62. The van der Waals surface area contributed by atoms with Gasteiger partial charge in [0, 0.05) is 65.7 Å². The van der Waals surface area contributed by atoms with Gasteiger partial charge in [0.25, 0.3) is 11.6 Å². The molecule has 15 rings (SSSR count). The Morgan fingerprint density at radius 1 is 0.262 bits per heavy atom. The van der Waals surface area contributed by atoms with E-state index in [1.165, 1.54) is 0 Å². The van der Waals surface area contributed by atoms with Gasteiger partial charge >= 0.3 is 0 Å². The van der Waals surface area contributed by atoms with Crippen LogP contribution < -0.4 is 32.9 Å². The van der Waals surface area contributed by atoms with Crippen LogP contribution in [0.4, 0.5) is 0 Å². The second-order valence-corrected chi connectivity index (χ2v) is 15.4. The lowest BCUT2D eigenvalue weighted by Gasteiger charge is -2.18. The van der Waals surface area contributed by atoms with Crippen molar-refractivity contribution in [2.75, 3.05) is 0 Å². The van der Waals surface area contributed by atoms with Gasteiger partial charge in [-0.05, 0) is 0 Å². The highest BCUT2D eigenvalue weighted by molar-refractivity contribution is 6.23. The van der Waals surface area contributed by atoms with Crippen LogP contribution in [0.2, 0.25) is 0 Å². The molecule has 0 saturated heterocycles. The van der Waals surface area contributed by atoms with Crippen LogP contribution >= 0.6 is 0 Å². The summed E-state index contributed by atoms with van der Waals surface area (Å²) in [6, 6.07) is 48.1. The van der Waals surface area contributed by atoms with E-state index < -0.39 is 11.6 Å². The maximum absolute atomic E-state index is 5.54. The van der Waals surface area contributed by atoms with Crippen molar-refractivity contribution in [1.29, 1.82) is 0 Å². The molecule has 2 atom stereocenters. The van der Waals surface area contributed by atoms with Crippen LogP contribution in [-0.4, -0.2) is 38.3 Å². The Morgan fingerprint density at radius 3 is 0.984 bits per heavy atom. The van der Waals surface area contributed by atoms with Crippen LogP contribution in [0.25, 0.3) is 32.3 Å². The van der Waals surface area contributed by atoms with Gasteiger partial charge in [-0.3, -0.25) is 0 Å². The average Bonchev–Trinajstić information content (AvgIpc) is 4.13. The van der Waals surface area contributed by atoms with E-state index in [0.717, 1.165) is 65.7 Å². The molecule has 13 heteroatoms. The summed E-state index contributed by atoms with van der Waals surface area (Å²) in [4.78, 5) is 64.7. The highest BCUT2D eigenvalue weighted by Crippen LogP contribution is 2.41. The van der Waals surface area contributed by atoms with Crippen LogP contribution in [0.5, 0.6) is 0 Å². The van der Waals surface area contributed by atoms with Gasteiger partial charge in [0.05, 0.1) is 0 Å². The highest BCUT2D eigenvalue weighted by Gasteiger charge is 2.43. The van der Waals surface area contributed by atoms with Crippen molar-refractivity contribution in [3.8, 4) is 0 Å².